The first-order valence-corrected chi connectivity index (χ1v) is 13.6. The second kappa shape index (κ2) is 11.5. The molecule has 0 aliphatic carbocycles. The van der Waals surface area contributed by atoms with Crippen molar-refractivity contribution >= 4 is 10.9 Å². The number of aromatic amines is 1. The summed E-state index contributed by atoms with van der Waals surface area (Å²) < 4.78 is 27.1. The van der Waals surface area contributed by atoms with Gasteiger partial charge in [0.15, 0.2) is 5.82 Å². The van der Waals surface area contributed by atoms with Crippen molar-refractivity contribution < 1.29 is 13.5 Å². The van der Waals surface area contributed by atoms with E-state index in [4.69, 9.17) is 9.15 Å². The molecule has 0 spiro atoms. The van der Waals surface area contributed by atoms with Crippen LogP contribution in [0.2, 0.25) is 0 Å². The number of hydrogen-bond donors (Lipinski definition) is 1. The summed E-state index contributed by atoms with van der Waals surface area (Å²) in [6, 6.07) is 17.4. The van der Waals surface area contributed by atoms with Crippen LogP contribution in [0.5, 0.6) is 0 Å². The maximum absolute atomic E-state index is 13.8. The van der Waals surface area contributed by atoms with E-state index >= 15 is 0 Å². The molecule has 1 N–H and O–H groups in total. The van der Waals surface area contributed by atoms with Crippen LogP contribution in [0.25, 0.3) is 10.9 Å². The van der Waals surface area contributed by atoms with Crippen molar-refractivity contribution in [2.75, 3.05) is 6.61 Å². The lowest BCUT2D eigenvalue weighted by molar-refractivity contribution is 0.0901. The number of nitrogens with one attached hydrogen (secondary N) is 1. The number of hydrogen-bond acceptors (Lipinski definition) is 7. The van der Waals surface area contributed by atoms with E-state index in [0.29, 0.717) is 37.6 Å². The Hall–Kier alpha value is -4.15. The van der Waals surface area contributed by atoms with E-state index in [9.17, 15) is 9.18 Å². The van der Waals surface area contributed by atoms with Gasteiger partial charge in [-0.25, -0.2) is 9.07 Å². The Morgan fingerprint density at radius 1 is 1.12 bits per heavy atom. The molecule has 1 saturated heterocycles. The van der Waals surface area contributed by atoms with E-state index < -0.39 is 6.04 Å². The van der Waals surface area contributed by atoms with Gasteiger partial charge in [-0.15, -0.1) is 5.10 Å². The van der Waals surface area contributed by atoms with Crippen molar-refractivity contribution in [3.05, 3.63) is 111 Å². The number of benzene rings is 2. The fourth-order valence-electron chi connectivity index (χ4n) is 5.38. The van der Waals surface area contributed by atoms with Crippen molar-refractivity contribution in [2.24, 2.45) is 0 Å². The molecule has 1 fully saturated rings. The minimum absolute atomic E-state index is 0.000484. The van der Waals surface area contributed by atoms with Gasteiger partial charge in [0.05, 0.1) is 25.5 Å². The Kier molecular flexibility index (Phi) is 7.52. The van der Waals surface area contributed by atoms with Gasteiger partial charge in [-0.1, -0.05) is 25.1 Å². The smallest absolute Gasteiger partial charge is 0.253 e. The van der Waals surface area contributed by atoms with E-state index in [1.807, 2.05) is 30.3 Å². The Balaban J connectivity index is 1.50. The number of H-pyrrole nitrogens is 1. The zero-order valence-electron chi connectivity index (χ0n) is 22.3. The molecule has 206 valence electrons. The first kappa shape index (κ1) is 26.1. The summed E-state index contributed by atoms with van der Waals surface area (Å²) >= 11 is 0. The molecule has 9 nitrogen and oxygen atoms in total. The van der Waals surface area contributed by atoms with Crippen molar-refractivity contribution in [1.82, 2.24) is 30.1 Å². The van der Waals surface area contributed by atoms with E-state index in [0.717, 1.165) is 41.5 Å². The van der Waals surface area contributed by atoms with Crippen LogP contribution in [0, 0.1) is 5.82 Å². The summed E-state index contributed by atoms with van der Waals surface area (Å²) in [5.74, 6) is 0.938. The van der Waals surface area contributed by atoms with Gasteiger partial charge in [-0.05, 0) is 88.7 Å². The number of halogens is 1. The first-order chi connectivity index (χ1) is 19.6. The first-order valence-electron chi connectivity index (χ1n) is 13.6. The fraction of sp³-hybridized carbons (Fsp3) is 0.333. The monoisotopic (exact) mass is 542 g/mol. The summed E-state index contributed by atoms with van der Waals surface area (Å²) in [6.45, 7) is 4.06. The molecular formula is C30H31FN6O3. The quantitative estimate of drug-likeness (QED) is 0.271. The number of pyridine rings is 1. The SMILES string of the molecule is CCc1ccc2[nH]c(=O)c([C@@H](c3nnnn3C[C@@H]3CCCO3)N(Cc3ccc(F)cc3)Cc3ccco3)cc2c1. The van der Waals surface area contributed by atoms with Crippen molar-refractivity contribution in [1.29, 1.82) is 0 Å². The maximum atomic E-state index is 13.8. The van der Waals surface area contributed by atoms with Crippen molar-refractivity contribution in [3.8, 4) is 0 Å². The average molecular weight is 543 g/mol. The van der Waals surface area contributed by atoms with Gasteiger partial charge in [0.1, 0.15) is 17.6 Å². The normalized spacial score (nSPS) is 16.2. The molecule has 0 unspecified atom stereocenters. The van der Waals surface area contributed by atoms with Crippen LogP contribution in [0.1, 0.15) is 54.1 Å². The zero-order valence-corrected chi connectivity index (χ0v) is 22.3. The molecule has 2 atom stereocenters. The van der Waals surface area contributed by atoms with Crippen LogP contribution in [-0.2, 0) is 30.8 Å². The summed E-state index contributed by atoms with van der Waals surface area (Å²) in [4.78, 5) is 18.9. The number of aryl methyl sites for hydroxylation is 1. The lowest BCUT2D eigenvalue weighted by Gasteiger charge is -2.30. The Labute approximate surface area is 230 Å². The second-order valence-corrected chi connectivity index (χ2v) is 10.2. The van der Waals surface area contributed by atoms with Crippen LogP contribution in [-0.4, -0.2) is 42.8 Å². The molecule has 6 rings (SSSR count). The van der Waals surface area contributed by atoms with Crippen LogP contribution in [0.4, 0.5) is 4.39 Å². The Morgan fingerprint density at radius 3 is 2.73 bits per heavy atom. The number of tetrazole rings is 1. The number of nitrogens with zero attached hydrogens (tertiary/aromatic N) is 5. The minimum Gasteiger partial charge on any atom is -0.468 e. The Bertz CT molecular complexity index is 1620. The molecule has 5 aromatic rings. The number of ether oxygens (including phenoxy) is 1. The van der Waals surface area contributed by atoms with Gasteiger partial charge in [0.25, 0.3) is 5.56 Å². The molecule has 4 heterocycles. The van der Waals surface area contributed by atoms with E-state index in [1.54, 1.807) is 23.1 Å². The molecule has 2 aromatic carbocycles. The van der Waals surface area contributed by atoms with Crippen molar-refractivity contribution in [2.45, 2.75) is 58.0 Å². The highest BCUT2D eigenvalue weighted by atomic mass is 19.1. The van der Waals surface area contributed by atoms with Gasteiger partial charge in [-0.2, -0.15) is 0 Å². The van der Waals surface area contributed by atoms with E-state index in [2.05, 4.69) is 38.4 Å². The number of furan rings is 1. The number of aromatic nitrogens is 5. The Morgan fingerprint density at radius 2 is 1.98 bits per heavy atom. The molecular weight excluding hydrogens is 511 g/mol. The minimum atomic E-state index is -0.634. The van der Waals surface area contributed by atoms with Gasteiger partial charge in [0, 0.05) is 24.2 Å². The maximum Gasteiger partial charge on any atom is 0.253 e. The third kappa shape index (κ3) is 5.59. The molecule has 0 radical (unpaired) electrons. The van der Waals surface area contributed by atoms with E-state index in [-0.39, 0.29) is 17.5 Å². The molecule has 0 saturated carbocycles. The highest BCUT2D eigenvalue weighted by Gasteiger charge is 2.32. The zero-order chi connectivity index (χ0) is 27.5. The lowest BCUT2D eigenvalue weighted by Crippen LogP contribution is -2.35. The van der Waals surface area contributed by atoms with Crippen LogP contribution in [0.15, 0.2) is 76.1 Å². The molecule has 0 amide bonds. The topological polar surface area (TPSA) is 102 Å². The molecule has 10 heteroatoms. The predicted molar refractivity (Wildman–Crippen MR) is 147 cm³/mol. The van der Waals surface area contributed by atoms with Gasteiger partial charge >= 0.3 is 0 Å². The standard InChI is InChI=1S/C30H31FN6O3/c1-2-20-9-12-27-22(15-20)16-26(30(38)32-27)28(29-33-34-35-37(29)19-25-6-4-14-40-25)36(18-24-5-3-13-39-24)17-21-7-10-23(31)11-8-21/h3,5,7-13,15-16,25,28H,2,4,6,14,17-19H2,1H3,(H,32,38)/t25-,28-/m0/s1. The number of fused-ring (bicyclic) bond motifs is 1. The van der Waals surface area contributed by atoms with E-state index in [1.165, 1.54) is 17.7 Å². The molecule has 1 aliphatic heterocycles. The lowest BCUT2D eigenvalue weighted by atomic mass is 10.0. The third-order valence-corrected chi connectivity index (χ3v) is 7.45. The van der Waals surface area contributed by atoms with Crippen LogP contribution >= 0.6 is 0 Å². The largest absolute Gasteiger partial charge is 0.468 e. The summed E-state index contributed by atoms with van der Waals surface area (Å²) in [7, 11) is 0. The fourth-order valence-corrected chi connectivity index (χ4v) is 5.38. The highest BCUT2D eigenvalue weighted by Crippen LogP contribution is 2.31. The summed E-state index contributed by atoms with van der Waals surface area (Å²) in [5.41, 5.74) is 3.10. The molecule has 3 aromatic heterocycles. The van der Waals surface area contributed by atoms with Crippen molar-refractivity contribution in [3.63, 3.8) is 0 Å². The summed E-state index contributed by atoms with van der Waals surface area (Å²) in [6.07, 6.45) is 4.41. The number of rotatable bonds is 10. The predicted octanol–water partition coefficient (Wildman–Crippen LogP) is 4.78. The average Bonchev–Trinajstić information content (AvgIpc) is 3.75. The van der Waals surface area contributed by atoms with Gasteiger partial charge in [-0.3, -0.25) is 9.69 Å². The van der Waals surface area contributed by atoms with Gasteiger partial charge in [0.2, 0.25) is 0 Å². The molecule has 40 heavy (non-hydrogen) atoms. The molecule has 0 bridgehead atoms. The van der Waals surface area contributed by atoms with Crippen LogP contribution in [0.3, 0.4) is 0 Å². The van der Waals surface area contributed by atoms with Crippen LogP contribution < -0.4 is 5.56 Å². The highest BCUT2D eigenvalue weighted by molar-refractivity contribution is 5.80. The summed E-state index contributed by atoms with van der Waals surface area (Å²) in [5, 5.41) is 13.7. The third-order valence-electron chi connectivity index (χ3n) is 7.45. The van der Waals surface area contributed by atoms with Gasteiger partial charge < -0.3 is 14.1 Å². The molecule has 1 aliphatic rings. The second-order valence-electron chi connectivity index (χ2n) is 10.2.